The lowest BCUT2D eigenvalue weighted by molar-refractivity contribution is 0.939. The molecule has 0 spiro atoms. The van der Waals surface area contributed by atoms with Crippen LogP contribution in [0.1, 0.15) is 16.7 Å². The summed E-state index contributed by atoms with van der Waals surface area (Å²) in [6.07, 6.45) is 8.82. The molecule has 21 heavy (non-hydrogen) atoms. The van der Waals surface area contributed by atoms with Crippen LogP contribution in [-0.4, -0.2) is 19.5 Å². The predicted molar refractivity (Wildman–Crippen MR) is 84.4 cm³/mol. The van der Waals surface area contributed by atoms with Gasteiger partial charge in [0.25, 0.3) is 0 Å². The molecule has 0 aliphatic rings. The summed E-state index contributed by atoms with van der Waals surface area (Å²) >= 11 is 0. The summed E-state index contributed by atoms with van der Waals surface area (Å²) in [5.41, 5.74) is 5.67. The lowest BCUT2D eigenvalue weighted by Gasteiger charge is -2.01. The molecule has 0 aliphatic heterocycles. The minimum Gasteiger partial charge on any atom is -0.346 e. The van der Waals surface area contributed by atoms with Gasteiger partial charge in [-0.2, -0.15) is 0 Å². The number of hydrogen-bond acceptors (Lipinski definition) is 2. The molecule has 0 radical (unpaired) electrons. The van der Waals surface area contributed by atoms with Gasteiger partial charge in [0.15, 0.2) is 0 Å². The number of aromatic nitrogens is 4. The van der Waals surface area contributed by atoms with Gasteiger partial charge in [-0.15, -0.1) is 0 Å². The number of nitrogens with zero attached hydrogens (tertiary/aromatic N) is 3. The summed E-state index contributed by atoms with van der Waals surface area (Å²) in [7, 11) is 2.04. The molecule has 4 aromatic heterocycles. The van der Waals surface area contributed by atoms with E-state index in [2.05, 4.69) is 50.8 Å². The van der Waals surface area contributed by atoms with Gasteiger partial charge in [-0.1, -0.05) is 0 Å². The molecule has 0 saturated carbocycles. The normalized spacial score (nSPS) is 11.5. The van der Waals surface area contributed by atoms with Crippen LogP contribution in [-0.2, 0) is 13.5 Å². The van der Waals surface area contributed by atoms with E-state index in [-0.39, 0.29) is 0 Å². The maximum absolute atomic E-state index is 4.53. The lowest BCUT2D eigenvalue weighted by atomic mass is 10.1. The van der Waals surface area contributed by atoms with Gasteiger partial charge in [0.1, 0.15) is 11.3 Å². The molecular weight excluding hydrogens is 260 g/mol. The Balaban J connectivity index is 1.81. The van der Waals surface area contributed by atoms with Crippen molar-refractivity contribution in [2.24, 2.45) is 7.05 Å². The molecule has 1 N–H and O–H groups in total. The van der Waals surface area contributed by atoms with E-state index < -0.39 is 0 Å². The topological polar surface area (TPSA) is 46.5 Å². The maximum atomic E-state index is 4.53. The van der Waals surface area contributed by atoms with Gasteiger partial charge >= 0.3 is 0 Å². The van der Waals surface area contributed by atoms with Crippen molar-refractivity contribution < 1.29 is 0 Å². The van der Waals surface area contributed by atoms with Gasteiger partial charge in [-0.25, -0.2) is 9.97 Å². The van der Waals surface area contributed by atoms with Gasteiger partial charge in [0, 0.05) is 49.0 Å². The first kappa shape index (κ1) is 12.1. The Morgan fingerprint density at radius 1 is 1.19 bits per heavy atom. The summed E-state index contributed by atoms with van der Waals surface area (Å²) in [4.78, 5) is 12.1. The van der Waals surface area contributed by atoms with Crippen molar-refractivity contribution in [2.75, 3.05) is 0 Å². The first-order valence-corrected chi connectivity index (χ1v) is 7.03. The number of nitrogens with one attached hydrogen (secondary N) is 1. The standard InChI is InChI=1S/C17H16N4/c1-11-5-15-14(10-21(2)17(15)20-8-11)7-12-6-13-3-4-18-16(13)19-9-12/h3-6,8-10H,7H2,1-2H3,(H,18,19). The highest BCUT2D eigenvalue weighted by Gasteiger charge is 2.09. The second-order valence-electron chi connectivity index (χ2n) is 5.58. The number of aromatic amines is 1. The molecule has 0 saturated heterocycles. The number of aryl methyl sites for hydroxylation is 2. The third-order valence-corrected chi connectivity index (χ3v) is 3.88. The molecule has 0 bridgehead atoms. The minimum absolute atomic E-state index is 0.872. The van der Waals surface area contributed by atoms with Crippen molar-refractivity contribution in [1.29, 1.82) is 0 Å². The monoisotopic (exact) mass is 276 g/mol. The Morgan fingerprint density at radius 2 is 2.10 bits per heavy atom. The van der Waals surface area contributed by atoms with Crippen LogP contribution in [0.5, 0.6) is 0 Å². The number of hydrogen-bond donors (Lipinski definition) is 1. The molecule has 104 valence electrons. The van der Waals surface area contributed by atoms with E-state index in [4.69, 9.17) is 0 Å². The van der Waals surface area contributed by atoms with Crippen LogP contribution in [0, 0.1) is 6.92 Å². The van der Waals surface area contributed by atoms with Crippen molar-refractivity contribution in [3.8, 4) is 0 Å². The van der Waals surface area contributed by atoms with Gasteiger partial charge in [0.2, 0.25) is 0 Å². The second kappa shape index (κ2) is 4.45. The molecule has 0 unspecified atom stereocenters. The number of H-pyrrole nitrogens is 1. The molecule has 0 fully saturated rings. The Hall–Kier alpha value is -2.62. The predicted octanol–water partition coefficient (Wildman–Crippen LogP) is 3.35. The summed E-state index contributed by atoms with van der Waals surface area (Å²) in [6.45, 7) is 2.08. The molecule has 0 aromatic carbocycles. The highest BCUT2D eigenvalue weighted by molar-refractivity contribution is 5.82. The Labute approximate surface area is 122 Å². The van der Waals surface area contributed by atoms with Crippen molar-refractivity contribution in [3.63, 3.8) is 0 Å². The first-order valence-electron chi connectivity index (χ1n) is 7.03. The molecule has 0 amide bonds. The summed E-state index contributed by atoms with van der Waals surface area (Å²) in [5.74, 6) is 0. The highest BCUT2D eigenvalue weighted by atomic mass is 15.0. The van der Waals surface area contributed by atoms with Crippen LogP contribution in [0.4, 0.5) is 0 Å². The molecule has 0 aliphatic carbocycles. The van der Waals surface area contributed by atoms with E-state index in [1.807, 2.05) is 25.6 Å². The fourth-order valence-electron chi connectivity index (χ4n) is 2.89. The minimum atomic E-state index is 0.872. The van der Waals surface area contributed by atoms with Gasteiger partial charge in [-0.05, 0) is 41.8 Å². The van der Waals surface area contributed by atoms with Crippen LogP contribution in [0.3, 0.4) is 0 Å². The molecule has 4 nitrogen and oxygen atoms in total. The average molecular weight is 276 g/mol. The van der Waals surface area contributed by atoms with Gasteiger partial charge in [0.05, 0.1) is 0 Å². The van der Waals surface area contributed by atoms with Crippen molar-refractivity contribution in [2.45, 2.75) is 13.3 Å². The largest absolute Gasteiger partial charge is 0.346 e. The Bertz CT molecular complexity index is 946. The zero-order chi connectivity index (χ0) is 14.4. The van der Waals surface area contributed by atoms with E-state index in [1.54, 1.807) is 0 Å². The highest BCUT2D eigenvalue weighted by Crippen LogP contribution is 2.23. The lowest BCUT2D eigenvalue weighted by Crippen LogP contribution is -1.89. The Morgan fingerprint density at radius 3 is 3.00 bits per heavy atom. The SMILES string of the molecule is Cc1cnc2c(c1)c(Cc1cnc3[nH]ccc3c1)cn2C. The smallest absolute Gasteiger partial charge is 0.139 e. The van der Waals surface area contributed by atoms with E-state index in [1.165, 1.54) is 22.1 Å². The number of rotatable bonds is 2. The fourth-order valence-corrected chi connectivity index (χ4v) is 2.89. The zero-order valence-corrected chi connectivity index (χ0v) is 12.1. The average Bonchev–Trinajstić information content (AvgIpc) is 3.04. The van der Waals surface area contributed by atoms with Gasteiger partial charge in [-0.3, -0.25) is 0 Å². The van der Waals surface area contributed by atoms with Crippen LogP contribution in [0.25, 0.3) is 22.1 Å². The van der Waals surface area contributed by atoms with Crippen molar-refractivity contribution >= 4 is 22.1 Å². The zero-order valence-electron chi connectivity index (χ0n) is 12.1. The fraction of sp³-hybridized carbons (Fsp3) is 0.176. The summed E-state index contributed by atoms with van der Waals surface area (Å²) in [6, 6.07) is 6.46. The van der Waals surface area contributed by atoms with Crippen molar-refractivity contribution in [1.82, 2.24) is 19.5 Å². The van der Waals surface area contributed by atoms with E-state index in [9.17, 15) is 0 Å². The molecule has 4 heteroatoms. The number of pyridine rings is 2. The second-order valence-corrected chi connectivity index (χ2v) is 5.58. The van der Waals surface area contributed by atoms with Gasteiger partial charge < -0.3 is 9.55 Å². The molecule has 4 heterocycles. The first-order chi connectivity index (χ1) is 10.2. The summed E-state index contributed by atoms with van der Waals surface area (Å²) in [5, 5.41) is 2.38. The Kier molecular flexibility index (Phi) is 2.57. The summed E-state index contributed by atoms with van der Waals surface area (Å²) < 4.78 is 2.09. The van der Waals surface area contributed by atoms with Crippen molar-refractivity contribution in [3.05, 3.63) is 59.7 Å². The van der Waals surface area contributed by atoms with Crippen LogP contribution in [0.2, 0.25) is 0 Å². The van der Waals surface area contributed by atoms with E-state index >= 15 is 0 Å². The third kappa shape index (κ3) is 2.00. The molecule has 4 aromatic rings. The molecule has 0 atom stereocenters. The van der Waals surface area contributed by atoms with E-state index in [0.717, 1.165) is 23.1 Å². The maximum Gasteiger partial charge on any atom is 0.139 e. The van der Waals surface area contributed by atoms with Crippen LogP contribution in [0.15, 0.2) is 43.0 Å². The quantitative estimate of drug-likeness (QED) is 0.610. The van der Waals surface area contributed by atoms with E-state index in [0.29, 0.717) is 0 Å². The third-order valence-electron chi connectivity index (χ3n) is 3.88. The molecule has 4 rings (SSSR count). The number of fused-ring (bicyclic) bond motifs is 2. The molecular formula is C17H16N4. The van der Waals surface area contributed by atoms with Crippen LogP contribution < -0.4 is 0 Å². The van der Waals surface area contributed by atoms with Crippen LogP contribution >= 0.6 is 0 Å².